The number of anilines is 2. The van der Waals surface area contributed by atoms with E-state index < -0.39 is 23.5 Å². The van der Waals surface area contributed by atoms with Gasteiger partial charge in [0, 0.05) is 40.8 Å². The number of carbonyl (C=O) groups excluding carboxylic acids is 1. The lowest BCUT2D eigenvalue weighted by molar-refractivity contribution is -0.137. The molecule has 1 amide bonds. The van der Waals surface area contributed by atoms with Gasteiger partial charge in [0.15, 0.2) is 0 Å². The molecule has 0 atom stereocenters. The number of benzene rings is 2. The molecular weight excluding hydrogens is 512 g/mol. The van der Waals surface area contributed by atoms with Crippen LogP contribution in [-0.2, 0) is 6.18 Å². The zero-order valence-corrected chi connectivity index (χ0v) is 20.2. The molecule has 1 aliphatic carbocycles. The van der Waals surface area contributed by atoms with Crippen molar-refractivity contribution in [2.45, 2.75) is 43.9 Å². The number of rotatable bonds is 5. The highest BCUT2D eigenvalue weighted by Crippen LogP contribution is 2.29. The van der Waals surface area contributed by atoms with Gasteiger partial charge in [-0.25, -0.2) is 14.4 Å². The van der Waals surface area contributed by atoms with Crippen molar-refractivity contribution >= 4 is 35.1 Å². The number of aromatic nitrogens is 2. The lowest BCUT2D eigenvalue weighted by atomic mass is 9.91. The normalized spacial score (nSPS) is 18.2. The Morgan fingerprint density at radius 3 is 2.24 bits per heavy atom. The predicted molar refractivity (Wildman–Crippen MR) is 133 cm³/mol. The van der Waals surface area contributed by atoms with E-state index in [4.69, 9.17) is 11.6 Å². The molecule has 0 unspecified atom stereocenters. The third-order valence-corrected chi connectivity index (χ3v) is 5.98. The summed E-state index contributed by atoms with van der Waals surface area (Å²) in [6.07, 6.45) is 1.83. The maximum Gasteiger partial charge on any atom is 0.416 e. The zero-order valence-electron chi connectivity index (χ0n) is 19.4. The summed E-state index contributed by atoms with van der Waals surface area (Å²) in [7, 11) is 0. The highest BCUT2D eigenvalue weighted by Gasteiger charge is 2.30. The molecule has 0 radical (unpaired) electrons. The molecule has 0 saturated heterocycles. The van der Waals surface area contributed by atoms with Crippen LogP contribution in [0, 0.1) is 5.82 Å². The fraction of sp³-hybridized carbons (Fsp3) is 0.280. The molecule has 0 aliphatic heterocycles. The number of guanidine groups is 1. The molecule has 7 nitrogen and oxygen atoms in total. The number of alkyl halides is 3. The quantitative estimate of drug-likeness (QED) is 0.214. The van der Waals surface area contributed by atoms with Crippen LogP contribution < -0.4 is 16.0 Å². The average Bonchev–Trinajstić information content (AvgIpc) is 2.85. The second-order valence-corrected chi connectivity index (χ2v) is 8.97. The Labute approximate surface area is 215 Å². The van der Waals surface area contributed by atoms with E-state index in [0.29, 0.717) is 5.95 Å². The Morgan fingerprint density at radius 2 is 1.62 bits per heavy atom. The van der Waals surface area contributed by atoms with Crippen LogP contribution in [-0.4, -0.2) is 33.9 Å². The SMILES string of the molecule is O=C(/N=C(/Nc1cc(F)cc(Cl)c1)N[C@H]1CC[C@H](Nc2ncccn2)CC1)c1ccc(C(F)(F)F)cc1. The number of amides is 1. The first-order chi connectivity index (χ1) is 17.7. The third-order valence-electron chi connectivity index (χ3n) is 5.76. The average molecular weight is 535 g/mol. The molecule has 0 spiro atoms. The van der Waals surface area contributed by atoms with E-state index >= 15 is 0 Å². The number of carbonyl (C=O) groups is 1. The van der Waals surface area contributed by atoms with E-state index in [1.807, 2.05) is 0 Å². The van der Waals surface area contributed by atoms with Gasteiger partial charge in [-0.1, -0.05) is 11.6 Å². The van der Waals surface area contributed by atoms with Crippen LogP contribution in [0.5, 0.6) is 0 Å². The van der Waals surface area contributed by atoms with Gasteiger partial charge in [-0.15, -0.1) is 0 Å². The Morgan fingerprint density at radius 1 is 0.973 bits per heavy atom. The van der Waals surface area contributed by atoms with Crippen molar-refractivity contribution in [3.63, 3.8) is 0 Å². The van der Waals surface area contributed by atoms with E-state index in [1.165, 1.54) is 12.1 Å². The second kappa shape index (κ2) is 11.5. The van der Waals surface area contributed by atoms with Gasteiger partial charge < -0.3 is 16.0 Å². The number of halogens is 5. The van der Waals surface area contributed by atoms with Crippen LogP contribution in [0.15, 0.2) is 65.9 Å². The summed E-state index contributed by atoms with van der Waals surface area (Å²) in [5.41, 5.74) is -0.639. The van der Waals surface area contributed by atoms with Crippen LogP contribution in [0.4, 0.5) is 29.2 Å². The van der Waals surface area contributed by atoms with Gasteiger partial charge >= 0.3 is 6.18 Å². The summed E-state index contributed by atoms with van der Waals surface area (Å²) in [5, 5.41) is 9.48. The van der Waals surface area contributed by atoms with Gasteiger partial charge in [-0.2, -0.15) is 18.2 Å². The van der Waals surface area contributed by atoms with E-state index in [1.54, 1.807) is 18.5 Å². The largest absolute Gasteiger partial charge is 0.416 e. The van der Waals surface area contributed by atoms with E-state index in [-0.39, 0.29) is 34.3 Å². The zero-order chi connectivity index (χ0) is 26.4. The van der Waals surface area contributed by atoms with Gasteiger partial charge in [0.2, 0.25) is 11.9 Å². The lowest BCUT2D eigenvalue weighted by Crippen LogP contribution is -2.43. The molecule has 1 aliphatic rings. The maximum atomic E-state index is 13.9. The van der Waals surface area contributed by atoms with Crippen LogP contribution >= 0.6 is 11.6 Å². The van der Waals surface area contributed by atoms with Gasteiger partial charge in [0.25, 0.3) is 5.91 Å². The smallest absolute Gasteiger partial charge is 0.353 e. The number of nitrogens with zero attached hydrogens (tertiary/aromatic N) is 3. The molecule has 1 saturated carbocycles. The second-order valence-electron chi connectivity index (χ2n) is 8.53. The van der Waals surface area contributed by atoms with Crippen molar-refractivity contribution in [3.8, 4) is 0 Å². The van der Waals surface area contributed by atoms with Gasteiger partial charge in [-0.05, 0) is 74.2 Å². The molecule has 4 rings (SSSR count). The molecule has 37 heavy (non-hydrogen) atoms. The van der Waals surface area contributed by atoms with Crippen molar-refractivity contribution in [2.24, 2.45) is 4.99 Å². The first-order valence-corrected chi connectivity index (χ1v) is 11.9. The molecule has 2 aromatic carbocycles. The van der Waals surface area contributed by atoms with Crippen molar-refractivity contribution in [3.05, 3.63) is 82.9 Å². The molecule has 1 fully saturated rings. The highest BCUT2D eigenvalue weighted by molar-refractivity contribution is 6.31. The van der Waals surface area contributed by atoms with Crippen LogP contribution in [0.1, 0.15) is 41.6 Å². The standard InChI is InChI=1S/C25H23ClF4N6O/c26-17-12-18(27)14-21(13-17)35-24(36-22(37)15-2-4-16(5-3-15)25(28,29)30)34-20-8-6-19(7-9-20)33-23-31-10-1-11-32-23/h1-5,10-14,19-20H,6-9H2,(H,31,32,33)(H2,34,35,36,37)/t19-,20-. The van der Waals surface area contributed by atoms with Gasteiger partial charge in [0.1, 0.15) is 5.82 Å². The fourth-order valence-electron chi connectivity index (χ4n) is 3.96. The minimum Gasteiger partial charge on any atom is -0.353 e. The Bertz CT molecular complexity index is 1230. The summed E-state index contributed by atoms with van der Waals surface area (Å²) in [4.78, 5) is 25.2. The number of nitrogens with one attached hydrogen (secondary N) is 3. The molecule has 1 aromatic heterocycles. The van der Waals surface area contributed by atoms with Gasteiger partial charge in [-0.3, -0.25) is 4.79 Å². The molecule has 3 N–H and O–H groups in total. The van der Waals surface area contributed by atoms with Crippen molar-refractivity contribution in [1.82, 2.24) is 15.3 Å². The van der Waals surface area contributed by atoms with Crippen LogP contribution in [0.3, 0.4) is 0 Å². The summed E-state index contributed by atoms with van der Waals surface area (Å²) >= 11 is 5.94. The first kappa shape index (κ1) is 26.3. The fourth-order valence-corrected chi connectivity index (χ4v) is 4.18. The Hall–Kier alpha value is -3.73. The van der Waals surface area contributed by atoms with Crippen LogP contribution in [0.25, 0.3) is 0 Å². The molecule has 194 valence electrons. The summed E-state index contributed by atoms with van der Waals surface area (Å²) < 4.78 is 52.4. The predicted octanol–water partition coefficient (Wildman–Crippen LogP) is 5.91. The minimum absolute atomic E-state index is 0.0258. The maximum absolute atomic E-state index is 13.9. The molecule has 1 heterocycles. The molecule has 0 bridgehead atoms. The van der Waals surface area contributed by atoms with Crippen molar-refractivity contribution in [1.29, 1.82) is 0 Å². The molecule has 12 heteroatoms. The summed E-state index contributed by atoms with van der Waals surface area (Å²) in [6, 6.07) is 9.39. The summed E-state index contributed by atoms with van der Waals surface area (Å²) in [6.45, 7) is 0. The Balaban J connectivity index is 1.47. The van der Waals surface area contributed by atoms with E-state index in [0.717, 1.165) is 56.0 Å². The lowest BCUT2D eigenvalue weighted by Gasteiger charge is -2.30. The number of hydrogen-bond acceptors (Lipinski definition) is 4. The number of aliphatic imine (C=N–C) groups is 1. The van der Waals surface area contributed by atoms with Crippen LogP contribution in [0.2, 0.25) is 5.02 Å². The third kappa shape index (κ3) is 7.63. The van der Waals surface area contributed by atoms with Crippen molar-refractivity contribution in [2.75, 3.05) is 10.6 Å². The molecule has 3 aromatic rings. The minimum atomic E-state index is -4.52. The van der Waals surface area contributed by atoms with E-state index in [9.17, 15) is 22.4 Å². The van der Waals surface area contributed by atoms with Gasteiger partial charge in [0.05, 0.1) is 5.56 Å². The van der Waals surface area contributed by atoms with Crippen molar-refractivity contribution < 1.29 is 22.4 Å². The Kier molecular flexibility index (Phi) is 8.22. The summed E-state index contributed by atoms with van der Waals surface area (Å²) in [5.74, 6) is -0.761. The monoisotopic (exact) mass is 534 g/mol. The highest BCUT2D eigenvalue weighted by atomic mass is 35.5. The molecular formula is C25H23ClF4N6O. The van der Waals surface area contributed by atoms with E-state index in [2.05, 4.69) is 30.9 Å². The number of hydrogen-bond donors (Lipinski definition) is 3. The topological polar surface area (TPSA) is 91.3 Å². The first-order valence-electron chi connectivity index (χ1n) is 11.5.